The molecule has 0 aromatic carbocycles. The molecule has 19 heavy (non-hydrogen) atoms. The number of sulfone groups is 1. The number of hydrogen-bond donors (Lipinski definition) is 1. The van der Waals surface area contributed by atoms with Gasteiger partial charge in [-0.25, -0.2) is 8.42 Å². The molecule has 1 aliphatic carbocycles. The molecular formula is C14H28O4S. The lowest BCUT2D eigenvalue weighted by molar-refractivity contribution is -0.0746. The molecule has 5 heteroatoms. The lowest BCUT2D eigenvalue weighted by Crippen LogP contribution is -2.37. The van der Waals surface area contributed by atoms with E-state index < -0.39 is 15.9 Å². The van der Waals surface area contributed by atoms with E-state index in [2.05, 4.69) is 0 Å². The minimum absolute atomic E-state index is 0.120. The van der Waals surface area contributed by atoms with Crippen LogP contribution in [0.1, 0.15) is 51.9 Å². The minimum atomic E-state index is -2.93. The monoisotopic (exact) mass is 292 g/mol. The van der Waals surface area contributed by atoms with Gasteiger partial charge in [0.2, 0.25) is 0 Å². The standard InChI is InChI=1S/C14H28O4S/c1-3-18-14(12-8-5-4-6-9-12)13(15)10-7-11-19(2,16)17/h12-15H,3-11H2,1-2H3. The highest BCUT2D eigenvalue weighted by Gasteiger charge is 2.29. The van der Waals surface area contributed by atoms with Crippen LogP contribution in [0.5, 0.6) is 0 Å². The molecule has 4 nitrogen and oxygen atoms in total. The lowest BCUT2D eigenvalue weighted by Gasteiger charge is -2.33. The maximum atomic E-state index is 11.1. The molecule has 1 fully saturated rings. The molecular weight excluding hydrogens is 264 g/mol. The van der Waals surface area contributed by atoms with E-state index >= 15 is 0 Å². The van der Waals surface area contributed by atoms with Crippen LogP contribution in [0.15, 0.2) is 0 Å². The van der Waals surface area contributed by atoms with Gasteiger partial charge in [-0.05, 0) is 38.5 Å². The Hall–Kier alpha value is -0.130. The Morgan fingerprint density at radius 3 is 2.42 bits per heavy atom. The van der Waals surface area contributed by atoms with Gasteiger partial charge < -0.3 is 9.84 Å². The fourth-order valence-electron chi connectivity index (χ4n) is 2.94. The minimum Gasteiger partial charge on any atom is -0.390 e. The molecule has 0 radical (unpaired) electrons. The third kappa shape index (κ3) is 6.72. The van der Waals surface area contributed by atoms with Crippen molar-refractivity contribution >= 4 is 9.84 Å². The molecule has 0 saturated heterocycles. The Balaban J connectivity index is 2.44. The Morgan fingerprint density at radius 1 is 1.26 bits per heavy atom. The molecule has 0 bridgehead atoms. The summed E-state index contributed by atoms with van der Waals surface area (Å²) in [6.45, 7) is 2.54. The van der Waals surface area contributed by atoms with Gasteiger partial charge in [-0.1, -0.05) is 19.3 Å². The molecule has 1 aliphatic rings. The summed E-state index contributed by atoms with van der Waals surface area (Å²) >= 11 is 0. The summed E-state index contributed by atoms with van der Waals surface area (Å²) < 4.78 is 27.9. The summed E-state index contributed by atoms with van der Waals surface area (Å²) in [5, 5.41) is 10.3. The summed E-state index contributed by atoms with van der Waals surface area (Å²) in [5.74, 6) is 0.579. The van der Waals surface area contributed by atoms with Crippen LogP contribution < -0.4 is 0 Å². The van der Waals surface area contributed by atoms with Gasteiger partial charge in [0.25, 0.3) is 0 Å². The van der Waals surface area contributed by atoms with Crippen LogP contribution in [0.4, 0.5) is 0 Å². The Morgan fingerprint density at radius 2 is 1.89 bits per heavy atom. The summed E-state index contributed by atoms with van der Waals surface area (Å²) in [4.78, 5) is 0. The predicted octanol–water partition coefficient (Wildman–Crippen LogP) is 2.16. The summed E-state index contributed by atoms with van der Waals surface area (Å²) in [7, 11) is -2.93. The molecule has 1 rings (SSSR count). The molecule has 2 unspecified atom stereocenters. The average molecular weight is 292 g/mol. The second-order valence-electron chi connectivity index (χ2n) is 5.66. The zero-order valence-corrected chi connectivity index (χ0v) is 13.0. The van der Waals surface area contributed by atoms with Gasteiger partial charge in [-0.15, -0.1) is 0 Å². The van der Waals surface area contributed by atoms with Crippen molar-refractivity contribution in [3.05, 3.63) is 0 Å². The van der Waals surface area contributed by atoms with E-state index in [-0.39, 0.29) is 11.9 Å². The predicted molar refractivity (Wildman–Crippen MR) is 76.9 cm³/mol. The van der Waals surface area contributed by atoms with E-state index in [1.165, 1.54) is 25.5 Å². The first-order valence-electron chi connectivity index (χ1n) is 7.41. The van der Waals surface area contributed by atoms with Gasteiger partial charge in [0.1, 0.15) is 9.84 Å². The van der Waals surface area contributed by atoms with Gasteiger partial charge in [0.15, 0.2) is 0 Å². The fraction of sp³-hybridized carbons (Fsp3) is 1.00. The zero-order chi connectivity index (χ0) is 14.3. The van der Waals surface area contributed by atoms with Crippen LogP contribution >= 0.6 is 0 Å². The van der Waals surface area contributed by atoms with Gasteiger partial charge in [0.05, 0.1) is 12.2 Å². The topological polar surface area (TPSA) is 63.6 Å². The van der Waals surface area contributed by atoms with Crippen molar-refractivity contribution in [1.29, 1.82) is 0 Å². The van der Waals surface area contributed by atoms with Crippen LogP contribution in [0, 0.1) is 5.92 Å². The van der Waals surface area contributed by atoms with Crippen LogP contribution in [0.3, 0.4) is 0 Å². The second-order valence-corrected chi connectivity index (χ2v) is 7.92. The van der Waals surface area contributed by atoms with E-state index in [4.69, 9.17) is 4.74 Å². The molecule has 0 spiro atoms. The molecule has 0 heterocycles. The average Bonchev–Trinajstić information content (AvgIpc) is 2.35. The molecule has 1 saturated carbocycles. The maximum Gasteiger partial charge on any atom is 0.147 e. The van der Waals surface area contributed by atoms with Crippen molar-refractivity contribution in [2.75, 3.05) is 18.6 Å². The molecule has 114 valence electrons. The number of rotatable bonds is 8. The molecule has 0 aliphatic heterocycles. The van der Waals surface area contributed by atoms with Gasteiger partial charge in [-0.2, -0.15) is 0 Å². The second kappa shape index (κ2) is 8.22. The van der Waals surface area contributed by atoms with Crippen LogP contribution in [-0.4, -0.2) is 44.3 Å². The zero-order valence-electron chi connectivity index (χ0n) is 12.2. The Labute approximate surface area is 117 Å². The van der Waals surface area contributed by atoms with Crippen LogP contribution in [0.2, 0.25) is 0 Å². The highest BCUT2D eigenvalue weighted by atomic mass is 32.2. The van der Waals surface area contributed by atoms with Crippen molar-refractivity contribution in [3.8, 4) is 0 Å². The Bertz CT molecular complexity index is 333. The Kier molecular flexibility index (Phi) is 7.32. The smallest absolute Gasteiger partial charge is 0.147 e. The van der Waals surface area contributed by atoms with Crippen molar-refractivity contribution in [2.45, 2.75) is 64.1 Å². The number of ether oxygens (including phenoxy) is 1. The van der Waals surface area contributed by atoms with E-state index in [9.17, 15) is 13.5 Å². The third-order valence-corrected chi connectivity index (χ3v) is 4.90. The summed E-state index contributed by atoms with van der Waals surface area (Å²) in [5.41, 5.74) is 0. The van der Waals surface area contributed by atoms with Gasteiger partial charge in [-0.3, -0.25) is 0 Å². The largest absolute Gasteiger partial charge is 0.390 e. The molecule has 0 aromatic heterocycles. The van der Waals surface area contributed by atoms with E-state index in [0.717, 1.165) is 12.8 Å². The van der Waals surface area contributed by atoms with Crippen molar-refractivity contribution in [2.24, 2.45) is 5.92 Å². The highest BCUT2D eigenvalue weighted by Crippen LogP contribution is 2.30. The van der Waals surface area contributed by atoms with Gasteiger partial charge >= 0.3 is 0 Å². The molecule has 0 amide bonds. The van der Waals surface area contributed by atoms with Gasteiger partial charge in [0, 0.05) is 18.6 Å². The number of hydrogen-bond acceptors (Lipinski definition) is 4. The highest BCUT2D eigenvalue weighted by molar-refractivity contribution is 7.90. The lowest BCUT2D eigenvalue weighted by atomic mass is 9.82. The first kappa shape index (κ1) is 16.9. The molecule has 0 aromatic rings. The van der Waals surface area contributed by atoms with E-state index in [0.29, 0.717) is 25.4 Å². The quantitative estimate of drug-likeness (QED) is 0.744. The fourth-order valence-corrected chi connectivity index (χ4v) is 3.63. The van der Waals surface area contributed by atoms with Crippen LogP contribution in [-0.2, 0) is 14.6 Å². The molecule has 2 atom stereocenters. The number of aliphatic hydroxyl groups is 1. The summed E-state index contributed by atoms with van der Waals surface area (Å²) in [6, 6.07) is 0. The first-order chi connectivity index (χ1) is 8.94. The molecule has 1 N–H and O–H groups in total. The van der Waals surface area contributed by atoms with E-state index in [1.807, 2.05) is 6.92 Å². The maximum absolute atomic E-state index is 11.1. The van der Waals surface area contributed by atoms with Crippen LogP contribution in [0.25, 0.3) is 0 Å². The number of aliphatic hydroxyl groups excluding tert-OH is 1. The first-order valence-corrected chi connectivity index (χ1v) is 9.47. The van der Waals surface area contributed by atoms with Crippen molar-refractivity contribution < 1.29 is 18.3 Å². The van der Waals surface area contributed by atoms with Crippen molar-refractivity contribution in [1.82, 2.24) is 0 Å². The normalized spacial score (nSPS) is 21.2. The SMILES string of the molecule is CCOC(C(O)CCCS(C)(=O)=O)C1CCCCC1. The van der Waals surface area contributed by atoms with Crippen molar-refractivity contribution in [3.63, 3.8) is 0 Å². The third-order valence-electron chi connectivity index (χ3n) is 3.87. The van der Waals surface area contributed by atoms with E-state index in [1.54, 1.807) is 0 Å². The summed E-state index contributed by atoms with van der Waals surface area (Å²) in [6.07, 6.45) is 7.54.